The molecule has 0 saturated heterocycles. The molecule has 0 radical (unpaired) electrons. The second-order valence-corrected chi connectivity index (χ2v) is 2.98. The molecule has 0 aliphatic heterocycles. The molecule has 11 heavy (non-hydrogen) atoms. The Labute approximate surface area is 74.7 Å². The van der Waals surface area contributed by atoms with Crippen molar-refractivity contribution < 1.29 is 9.47 Å². The van der Waals surface area contributed by atoms with Crippen LogP contribution in [0.25, 0.3) is 0 Å². The van der Waals surface area contributed by atoms with E-state index >= 15 is 0 Å². The van der Waals surface area contributed by atoms with E-state index in [-0.39, 0.29) is 0 Å². The lowest BCUT2D eigenvalue weighted by molar-refractivity contribution is -0.0417. The molecule has 0 heterocycles. The summed E-state index contributed by atoms with van der Waals surface area (Å²) in [6.07, 6.45) is 2.38. The Kier molecular flexibility index (Phi) is 8.57. The average molecular weight is 178 g/mol. The molecule has 0 fully saturated rings. The van der Waals surface area contributed by atoms with Crippen molar-refractivity contribution in [2.24, 2.45) is 5.92 Å². The van der Waals surface area contributed by atoms with Crippen molar-refractivity contribution in [2.45, 2.75) is 19.8 Å². The Morgan fingerprint density at radius 1 is 1.45 bits per heavy atom. The van der Waals surface area contributed by atoms with E-state index in [0.29, 0.717) is 12.7 Å². The topological polar surface area (TPSA) is 18.5 Å². The van der Waals surface area contributed by atoms with E-state index in [0.717, 1.165) is 12.4 Å². The minimum Gasteiger partial charge on any atom is -0.359 e. The van der Waals surface area contributed by atoms with E-state index < -0.39 is 0 Å². The predicted molar refractivity (Wildman–Crippen MR) is 50.1 cm³/mol. The monoisotopic (exact) mass is 178 g/mol. The van der Waals surface area contributed by atoms with Crippen LogP contribution in [0.15, 0.2) is 0 Å². The van der Waals surface area contributed by atoms with Crippen LogP contribution in [0, 0.1) is 5.92 Å². The van der Waals surface area contributed by atoms with Crippen LogP contribution in [0.3, 0.4) is 0 Å². The molecule has 0 aromatic rings. The fourth-order valence-corrected chi connectivity index (χ4v) is 1.22. The number of thiol groups is 1. The maximum absolute atomic E-state index is 5.22. The summed E-state index contributed by atoms with van der Waals surface area (Å²) in [5, 5.41) is 0. The first-order valence-corrected chi connectivity index (χ1v) is 4.65. The largest absolute Gasteiger partial charge is 0.359 e. The van der Waals surface area contributed by atoms with Gasteiger partial charge in [-0.1, -0.05) is 13.3 Å². The summed E-state index contributed by atoms with van der Waals surface area (Å²) in [5.41, 5.74) is 0. The van der Waals surface area contributed by atoms with Gasteiger partial charge in [0.05, 0.1) is 6.61 Å². The molecule has 0 spiro atoms. The van der Waals surface area contributed by atoms with Crippen molar-refractivity contribution >= 4 is 12.6 Å². The third-order valence-corrected chi connectivity index (χ3v) is 2.03. The normalized spacial score (nSPS) is 13.4. The van der Waals surface area contributed by atoms with E-state index in [1.807, 2.05) is 0 Å². The molecule has 1 unspecified atom stereocenters. The van der Waals surface area contributed by atoms with Gasteiger partial charge in [-0.25, -0.2) is 0 Å². The minimum atomic E-state index is 0.397. The Morgan fingerprint density at radius 2 is 2.18 bits per heavy atom. The van der Waals surface area contributed by atoms with Crippen LogP contribution in [0.1, 0.15) is 19.8 Å². The van der Waals surface area contributed by atoms with E-state index in [1.165, 1.54) is 12.8 Å². The highest BCUT2D eigenvalue weighted by Gasteiger charge is 2.04. The van der Waals surface area contributed by atoms with Gasteiger partial charge in [0.1, 0.15) is 6.79 Å². The van der Waals surface area contributed by atoms with E-state index in [2.05, 4.69) is 19.6 Å². The van der Waals surface area contributed by atoms with Crippen LogP contribution in [0.2, 0.25) is 0 Å². The number of ether oxygens (including phenoxy) is 2. The second-order valence-electron chi connectivity index (χ2n) is 2.61. The molecule has 0 aliphatic rings. The van der Waals surface area contributed by atoms with Crippen LogP contribution in [0.4, 0.5) is 0 Å². The Balaban J connectivity index is 3.20. The van der Waals surface area contributed by atoms with Crippen molar-refractivity contribution in [3.05, 3.63) is 0 Å². The van der Waals surface area contributed by atoms with Gasteiger partial charge in [0.2, 0.25) is 0 Å². The maximum atomic E-state index is 5.22. The van der Waals surface area contributed by atoms with Crippen LogP contribution in [-0.4, -0.2) is 26.3 Å². The van der Waals surface area contributed by atoms with Gasteiger partial charge in [-0.3, -0.25) is 0 Å². The molecule has 3 heteroatoms. The van der Waals surface area contributed by atoms with E-state index in [9.17, 15) is 0 Å². The summed E-state index contributed by atoms with van der Waals surface area (Å²) in [5.74, 6) is 1.48. The van der Waals surface area contributed by atoms with Crippen molar-refractivity contribution in [3.63, 3.8) is 0 Å². The highest BCUT2D eigenvalue weighted by atomic mass is 32.1. The van der Waals surface area contributed by atoms with Crippen molar-refractivity contribution in [3.8, 4) is 0 Å². The molecule has 0 amide bonds. The lowest BCUT2D eigenvalue weighted by Gasteiger charge is -2.12. The summed E-state index contributed by atoms with van der Waals surface area (Å²) in [4.78, 5) is 0. The molecule has 0 aromatic heterocycles. The molecule has 0 rings (SSSR count). The van der Waals surface area contributed by atoms with E-state index in [1.54, 1.807) is 7.11 Å². The molecular weight excluding hydrogens is 160 g/mol. The SMILES string of the molecule is CCCC(CS)COCOC. The first-order chi connectivity index (χ1) is 5.35. The van der Waals surface area contributed by atoms with Gasteiger partial charge in [-0.05, 0) is 18.1 Å². The zero-order valence-electron chi connectivity index (χ0n) is 7.38. The smallest absolute Gasteiger partial charge is 0.146 e. The number of methoxy groups -OCH3 is 1. The fourth-order valence-electron chi connectivity index (χ4n) is 0.934. The van der Waals surface area contributed by atoms with Crippen LogP contribution >= 0.6 is 12.6 Å². The lowest BCUT2D eigenvalue weighted by atomic mass is 10.1. The summed E-state index contributed by atoms with van der Waals surface area (Å²) < 4.78 is 9.98. The van der Waals surface area contributed by atoms with E-state index in [4.69, 9.17) is 9.47 Å². The molecular formula is C8H18O2S. The molecule has 2 nitrogen and oxygen atoms in total. The van der Waals surface area contributed by atoms with Gasteiger partial charge in [-0.15, -0.1) is 0 Å². The van der Waals surface area contributed by atoms with Gasteiger partial charge >= 0.3 is 0 Å². The average Bonchev–Trinajstić information content (AvgIpc) is 2.03. The highest BCUT2D eigenvalue weighted by molar-refractivity contribution is 7.80. The highest BCUT2D eigenvalue weighted by Crippen LogP contribution is 2.08. The molecule has 0 N–H and O–H groups in total. The summed E-state index contributed by atoms with van der Waals surface area (Å²) in [6, 6.07) is 0. The predicted octanol–water partition coefficient (Wildman–Crippen LogP) is 1.95. The molecule has 0 aliphatic carbocycles. The first kappa shape index (κ1) is 11.3. The molecule has 0 aromatic carbocycles. The summed E-state index contributed by atoms with van der Waals surface area (Å²) >= 11 is 4.23. The van der Waals surface area contributed by atoms with Gasteiger partial charge in [-0.2, -0.15) is 12.6 Å². The van der Waals surface area contributed by atoms with Gasteiger partial charge < -0.3 is 9.47 Å². The Morgan fingerprint density at radius 3 is 2.64 bits per heavy atom. The van der Waals surface area contributed by atoms with Crippen LogP contribution in [-0.2, 0) is 9.47 Å². The van der Waals surface area contributed by atoms with Gasteiger partial charge in [0, 0.05) is 7.11 Å². The number of hydrogen-bond donors (Lipinski definition) is 1. The quantitative estimate of drug-likeness (QED) is 0.365. The minimum absolute atomic E-state index is 0.397. The number of hydrogen-bond acceptors (Lipinski definition) is 3. The lowest BCUT2D eigenvalue weighted by Crippen LogP contribution is -2.12. The molecule has 1 atom stereocenters. The third-order valence-electron chi connectivity index (χ3n) is 1.51. The van der Waals surface area contributed by atoms with Crippen LogP contribution in [0.5, 0.6) is 0 Å². The first-order valence-electron chi connectivity index (χ1n) is 4.02. The summed E-state index contributed by atoms with van der Waals surface area (Å²) in [6.45, 7) is 3.34. The second kappa shape index (κ2) is 8.37. The number of rotatable bonds is 7. The molecule has 0 bridgehead atoms. The maximum Gasteiger partial charge on any atom is 0.146 e. The van der Waals surface area contributed by atoms with Crippen molar-refractivity contribution in [2.75, 3.05) is 26.3 Å². The van der Waals surface area contributed by atoms with Crippen molar-refractivity contribution in [1.82, 2.24) is 0 Å². The fraction of sp³-hybridized carbons (Fsp3) is 1.00. The summed E-state index contributed by atoms with van der Waals surface area (Å²) in [7, 11) is 1.63. The van der Waals surface area contributed by atoms with Crippen molar-refractivity contribution in [1.29, 1.82) is 0 Å². The Hall–Kier alpha value is 0.270. The van der Waals surface area contributed by atoms with Crippen LogP contribution < -0.4 is 0 Å². The standard InChI is InChI=1S/C8H18O2S/c1-3-4-8(6-11)5-10-7-9-2/h8,11H,3-7H2,1-2H3. The molecule has 68 valence electrons. The zero-order chi connectivity index (χ0) is 8.53. The molecule has 0 saturated carbocycles. The van der Waals surface area contributed by atoms with Gasteiger partial charge in [0.25, 0.3) is 0 Å². The van der Waals surface area contributed by atoms with Gasteiger partial charge in [0.15, 0.2) is 0 Å². The Bertz CT molecular complexity index is 78.5. The third kappa shape index (κ3) is 6.66. The zero-order valence-corrected chi connectivity index (χ0v) is 8.27.